The highest BCUT2D eigenvalue weighted by molar-refractivity contribution is 7.25. The summed E-state index contributed by atoms with van der Waals surface area (Å²) in [4.78, 5) is 7.03. The Morgan fingerprint density at radius 2 is 0.833 bits per heavy atom. The molecule has 0 aliphatic carbocycles. The van der Waals surface area contributed by atoms with Gasteiger partial charge in [0.05, 0.1) is 5.52 Å². The van der Waals surface area contributed by atoms with Crippen LogP contribution in [0.25, 0.3) is 85.6 Å². The highest BCUT2D eigenvalue weighted by Gasteiger charge is 2.17. The SMILES string of the molecule is c1ccc2cc(-c3ccc(N(c4ccc5cc(-c6ccc7ccccc7c6)ccc5c4)c4ccc5c(c4)sc4cc6cccnc6cc45)cc3)ccc2c1. The molecule has 9 aromatic carbocycles. The molecular weight excluding hydrogens is 673 g/mol. The smallest absolute Gasteiger partial charge is 0.0709 e. The van der Waals surface area contributed by atoms with E-state index in [2.05, 4.69) is 192 Å². The predicted molar refractivity (Wildman–Crippen MR) is 233 cm³/mol. The molecule has 0 amide bonds. The van der Waals surface area contributed by atoms with E-state index in [0.717, 1.165) is 22.6 Å². The maximum Gasteiger partial charge on any atom is 0.0709 e. The first-order chi connectivity index (χ1) is 26.7. The molecule has 0 saturated heterocycles. The molecule has 2 nitrogen and oxygen atoms in total. The summed E-state index contributed by atoms with van der Waals surface area (Å²) in [5, 5.41) is 11.1. The number of aromatic nitrogens is 1. The van der Waals surface area contributed by atoms with Crippen molar-refractivity contribution in [1.82, 2.24) is 4.98 Å². The van der Waals surface area contributed by atoms with Crippen LogP contribution in [0.4, 0.5) is 17.1 Å². The van der Waals surface area contributed by atoms with Crippen LogP contribution in [0.2, 0.25) is 0 Å². The Morgan fingerprint density at radius 3 is 1.56 bits per heavy atom. The lowest BCUT2D eigenvalue weighted by atomic mass is 9.98. The molecule has 0 N–H and O–H groups in total. The third-order valence-electron chi connectivity index (χ3n) is 10.8. The van der Waals surface area contributed by atoms with Crippen LogP contribution in [0.5, 0.6) is 0 Å². The average Bonchev–Trinajstić information content (AvgIpc) is 3.59. The molecule has 0 saturated carbocycles. The fraction of sp³-hybridized carbons (Fsp3) is 0. The molecule has 0 spiro atoms. The van der Waals surface area contributed by atoms with E-state index >= 15 is 0 Å². The number of nitrogens with zero attached hydrogens (tertiary/aromatic N) is 2. The lowest BCUT2D eigenvalue weighted by Gasteiger charge is -2.26. The van der Waals surface area contributed by atoms with Gasteiger partial charge < -0.3 is 4.90 Å². The van der Waals surface area contributed by atoms with Gasteiger partial charge in [-0.3, -0.25) is 4.98 Å². The summed E-state index contributed by atoms with van der Waals surface area (Å²) in [6, 6.07) is 68.8. The number of hydrogen-bond donors (Lipinski definition) is 0. The summed E-state index contributed by atoms with van der Waals surface area (Å²) < 4.78 is 2.54. The number of thiophene rings is 1. The molecule has 2 heterocycles. The molecule has 0 unspecified atom stereocenters. The van der Waals surface area contributed by atoms with Gasteiger partial charge >= 0.3 is 0 Å². The maximum absolute atomic E-state index is 4.64. The van der Waals surface area contributed by atoms with Gasteiger partial charge in [-0.2, -0.15) is 0 Å². The minimum atomic E-state index is 1.03. The third-order valence-corrected chi connectivity index (χ3v) is 11.9. The van der Waals surface area contributed by atoms with Crippen LogP contribution >= 0.6 is 11.3 Å². The van der Waals surface area contributed by atoms with E-state index in [1.165, 1.54) is 80.1 Å². The van der Waals surface area contributed by atoms with Crippen LogP contribution in [0.15, 0.2) is 194 Å². The zero-order chi connectivity index (χ0) is 35.6. The van der Waals surface area contributed by atoms with Crippen molar-refractivity contribution in [3.63, 3.8) is 0 Å². The van der Waals surface area contributed by atoms with Crippen molar-refractivity contribution in [2.24, 2.45) is 0 Å². The standard InChI is InChI=1S/C51H32N2S/c1-3-8-36-26-38(13-11-33(36)6-1)35-17-20-44(21-18-35)53(46-23-24-47-48-32-49-43(10-5-25-52-49)30-50(48)54-51(47)31-46)45-22-19-41-28-40(15-16-42(41)29-45)39-14-12-34-7-2-4-9-37(34)27-39/h1-32H. The van der Waals surface area contributed by atoms with Crippen molar-refractivity contribution in [2.75, 3.05) is 4.90 Å². The number of hydrogen-bond acceptors (Lipinski definition) is 3. The van der Waals surface area contributed by atoms with E-state index in [4.69, 9.17) is 0 Å². The van der Waals surface area contributed by atoms with E-state index in [1.807, 2.05) is 23.6 Å². The molecule has 0 fully saturated rings. The van der Waals surface area contributed by atoms with Gasteiger partial charge in [-0.1, -0.05) is 115 Å². The van der Waals surface area contributed by atoms with Crippen molar-refractivity contribution >= 4 is 91.8 Å². The van der Waals surface area contributed by atoms with Gasteiger partial charge in [0.2, 0.25) is 0 Å². The molecule has 54 heavy (non-hydrogen) atoms. The summed E-state index contributed by atoms with van der Waals surface area (Å²) in [5.41, 5.74) is 9.26. The number of pyridine rings is 1. The van der Waals surface area contributed by atoms with Crippen molar-refractivity contribution in [1.29, 1.82) is 0 Å². The van der Waals surface area contributed by atoms with Crippen LogP contribution in [0, 0.1) is 0 Å². The Labute approximate surface area is 316 Å². The second-order valence-corrected chi connectivity index (χ2v) is 15.2. The Morgan fingerprint density at radius 1 is 0.333 bits per heavy atom. The molecule has 0 radical (unpaired) electrons. The topological polar surface area (TPSA) is 16.1 Å². The number of benzene rings is 9. The average molecular weight is 705 g/mol. The summed E-state index contributed by atoms with van der Waals surface area (Å²) in [6.07, 6.45) is 1.87. The third kappa shape index (κ3) is 5.29. The van der Waals surface area contributed by atoms with Crippen molar-refractivity contribution in [3.8, 4) is 22.3 Å². The summed E-state index contributed by atoms with van der Waals surface area (Å²) in [5.74, 6) is 0. The fourth-order valence-corrected chi connectivity index (χ4v) is 9.18. The summed E-state index contributed by atoms with van der Waals surface area (Å²) in [7, 11) is 0. The zero-order valence-electron chi connectivity index (χ0n) is 29.3. The highest BCUT2D eigenvalue weighted by atomic mass is 32.1. The first kappa shape index (κ1) is 30.8. The van der Waals surface area contributed by atoms with Crippen LogP contribution in [-0.4, -0.2) is 4.98 Å². The normalized spacial score (nSPS) is 11.7. The van der Waals surface area contributed by atoms with Crippen LogP contribution in [0.1, 0.15) is 0 Å². The van der Waals surface area contributed by atoms with E-state index in [0.29, 0.717) is 0 Å². The minimum absolute atomic E-state index is 1.03. The second kappa shape index (κ2) is 12.4. The van der Waals surface area contributed by atoms with Crippen LogP contribution < -0.4 is 4.90 Å². The summed E-state index contributed by atoms with van der Waals surface area (Å²) >= 11 is 1.85. The molecule has 0 atom stereocenters. The quantitative estimate of drug-likeness (QED) is 0.177. The molecule has 11 rings (SSSR count). The molecule has 0 bridgehead atoms. The fourth-order valence-electron chi connectivity index (χ4n) is 8.01. The number of fused-ring (bicyclic) bond motifs is 7. The van der Waals surface area contributed by atoms with Crippen molar-refractivity contribution < 1.29 is 0 Å². The zero-order valence-corrected chi connectivity index (χ0v) is 30.1. The van der Waals surface area contributed by atoms with E-state index < -0.39 is 0 Å². The van der Waals surface area contributed by atoms with E-state index in [-0.39, 0.29) is 0 Å². The first-order valence-electron chi connectivity index (χ1n) is 18.3. The van der Waals surface area contributed by atoms with Gasteiger partial charge in [-0.25, -0.2) is 0 Å². The molecular formula is C51H32N2S. The predicted octanol–water partition coefficient (Wildman–Crippen LogP) is 14.9. The van der Waals surface area contributed by atoms with Gasteiger partial charge in [-0.05, 0) is 127 Å². The number of anilines is 3. The van der Waals surface area contributed by atoms with E-state index in [9.17, 15) is 0 Å². The molecule has 252 valence electrons. The lowest BCUT2D eigenvalue weighted by Crippen LogP contribution is -2.09. The van der Waals surface area contributed by atoms with Gasteiger partial charge in [0.15, 0.2) is 0 Å². The summed E-state index contributed by atoms with van der Waals surface area (Å²) in [6.45, 7) is 0. The maximum atomic E-state index is 4.64. The molecule has 3 heteroatoms. The van der Waals surface area contributed by atoms with Crippen molar-refractivity contribution in [3.05, 3.63) is 194 Å². The molecule has 0 aliphatic rings. The van der Waals surface area contributed by atoms with Gasteiger partial charge in [-0.15, -0.1) is 11.3 Å². The molecule has 0 aliphatic heterocycles. The first-order valence-corrected chi connectivity index (χ1v) is 19.2. The number of rotatable bonds is 5. The van der Waals surface area contributed by atoms with Gasteiger partial charge in [0.25, 0.3) is 0 Å². The van der Waals surface area contributed by atoms with Crippen LogP contribution in [-0.2, 0) is 0 Å². The highest BCUT2D eigenvalue weighted by Crippen LogP contribution is 2.43. The Kier molecular flexibility index (Phi) is 7.07. The van der Waals surface area contributed by atoms with Gasteiger partial charge in [0.1, 0.15) is 0 Å². The second-order valence-electron chi connectivity index (χ2n) is 14.1. The largest absolute Gasteiger partial charge is 0.310 e. The van der Waals surface area contributed by atoms with E-state index in [1.54, 1.807) is 0 Å². The van der Waals surface area contributed by atoms with Crippen molar-refractivity contribution in [2.45, 2.75) is 0 Å². The Hall–Kier alpha value is -6.81. The monoisotopic (exact) mass is 704 g/mol. The van der Waals surface area contributed by atoms with Gasteiger partial charge in [0, 0.05) is 48.8 Å². The molecule has 11 aromatic rings. The Balaban J connectivity index is 1.02. The van der Waals surface area contributed by atoms with Crippen LogP contribution in [0.3, 0.4) is 0 Å². The Bertz CT molecular complexity index is 3230. The molecule has 2 aromatic heterocycles. The minimum Gasteiger partial charge on any atom is -0.310 e. The lowest BCUT2D eigenvalue weighted by molar-refractivity contribution is 1.30.